The van der Waals surface area contributed by atoms with Crippen LogP contribution in [0, 0.1) is 5.92 Å². The van der Waals surface area contributed by atoms with Gasteiger partial charge in [0.25, 0.3) is 0 Å². The van der Waals surface area contributed by atoms with Gasteiger partial charge in [-0.05, 0) is 36.5 Å². The van der Waals surface area contributed by atoms with Crippen LogP contribution in [0.1, 0.15) is 32.3 Å². The molecular weight excluding hydrogens is 426 g/mol. The lowest BCUT2D eigenvalue weighted by molar-refractivity contribution is 0.143. The third kappa shape index (κ3) is 5.73. The standard InChI is InChI=1S/C22H29N7O4/c1-14(2)10-24-21-27-19(23)18-20(28-21)29(12-26-18)7-3-4-8-31-22(30)25-11-15-5-6-16-17(9-15)33-13-32-16/h5-6,9,12,14H,3-4,7-8,10-11,13H2,1-2H3,(H,25,30)(H3,23,24,27,28). The molecule has 3 heterocycles. The fraction of sp³-hybridized carbons (Fsp3) is 0.455. The predicted molar refractivity (Wildman–Crippen MR) is 123 cm³/mol. The van der Waals surface area contributed by atoms with Gasteiger partial charge in [0.05, 0.1) is 12.9 Å². The highest BCUT2D eigenvalue weighted by Crippen LogP contribution is 2.32. The van der Waals surface area contributed by atoms with E-state index in [1.165, 1.54) is 0 Å². The third-order valence-corrected chi connectivity index (χ3v) is 5.06. The van der Waals surface area contributed by atoms with Gasteiger partial charge in [0.2, 0.25) is 12.7 Å². The number of aromatic nitrogens is 4. The lowest BCUT2D eigenvalue weighted by atomic mass is 10.2. The molecule has 11 heteroatoms. The molecule has 33 heavy (non-hydrogen) atoms. The monoisotopic (exact) mass is 455 g/mol. The van der Waals surface area contributed by atoms with Crippen molar-refractivity contribution in [2.75, 3.05) is 31.0 Å². The molecule has 0 spiro atoms. The van der Waals surface area contributed by atoms with E-state index in [4.69, 9.17) is 19.9 Å². The number of imidazole rings is 1. The first-order valence-electron chi connectivity index (χ1n) is 11.0. The maximum Gasteiger partial charge on any atom is 0.407 e. The number of carbonyl (C=O) groups excluding carboxylic acids is 1. The molecule has 1 aromatic carbocycles. The molecule has 0 aliphatic carbocycles. The summed E-state index contributed by atoms with van der Waals surface area (Å²) in [6.07, 6.45) is 2.75. The molecule has 0 saturated heterocycles. The van der Waals surface area contributed by atoms with Gasteiger partial charge < -0.3 is 35.1 Å². The number of alkyl carbamates (subject to hydrolysis) is 1. The topological polar surface area (TPSA) is 138 Å². The number of amides is 1. The number of nitrogen functional groups attached to an aromatic ring is 1. The molecule has 4 rings (SSSR count). The van der Waals surface area contributed by atoms with E-state index in [2.05, 4.69) is 39.4 Å². The number of anilines is 2. The summed E-state index contributed by atoms with van der Waals surface area (Å²) in [5.41, 5.74) is 8.23. The smallest absolute Gasteiger partial charge is 0.407 e. The minimum absolute atomic E-state index is 0.222. The average molecular weight is 456 g/mol. The van der Waals surface area contributed by atoms with Gasteiger partial charge in [-0.3, -0.25) is 0 Å². The third-order valence-electron chi connectivity index (χ3n) is 5.06. The second-order valence-corrected chi connectivity index (χ2v) is 8.20. The van der Waals surface area contributed by atoms with Gasteiger partial charge in [0.15, 0.2) is 23.0 Å². The van der Waals surface area contributed by atoms with E-state index < -0.39 is 6.09 Å². The maximum absolute atomic E-state index is 12.0. The average Bonchev–Trinajstić information content (AvgIpc) is 3.43. The zero-order valence-corrected chi connectivity index (χ0v) is 18.8. The maximum atomic E-state index is 12.0. The van der Waals surface area contributed by atoms with Crippen LogP contribution in [0.2, 0.25) is 0 Å². The zero-order chi connectivity index (χ0) is 23.2. The molecule has 176 valence electrons. The number of benzene rings is 1. The molecule has 4 N–H and O–H groups in total. The summed E-state index contributed by atoms with van der Waals surface area (Å²) in [7, 11) is 0. The number of nitrogens with zero attached hydrogens (tertiary/aromatic N) is 4. The number of ether oxygens (including phenoxy) is 3. The van der Waals surface area contributed by atoms with Crippen molar-refractivity contribution >= 4 is 29.0 Å². The van der Waals surface area contributed by atoms with E-state index >= 15 is 0 Å². The Balaban J connectivity index is 1.20. The summed E-state index contributed by atoms with van der Waals surface area (Å²) in [6, 6.07) is 5.55. The van der Waals surface area contributed by atoms with Gasteiger partial charge in [-0.15, -0.1) is 0 Å². The number of rotatable bonds is 10. The van der Waals surface area contributed by atoms with Crippen molar-refractivity contribution in [3.8, 4) is 11.5 Å². The van der Waals surface area contributed by atoms with Crippen molar-refractivity contribution in [2.45, 2.75) is 39.8 Å². The van der Waals surface area contributed by atoms with Crippen LogP contribution in [0.3, 0.4) is 0 Å². The first kappa shape index (κ1) is 22.4. The summed E-state index contributed by atoms with van der Waals surface area (Å²) in [4.78, 5) is 25.1. The van der Waals surface area contributed by atoms with Crippen LogP contribution in [0.4, 0.5) is 16.6 Å². The predicted octanol–water partition coefficient (Wildman–Crippen LogP) is 2.91. The number of hydrogen-bond acceptors (Lipinski definition) is 9. The largest absolute Gasteiger partial charge is 0.454 e. The van der Waals surface area contributed by atoms with E-state index in [9.17, 15) is 4.79 Å². The molecule has 1 aliphatic rings. The fourth-order valence-corrected chi connectivity index (χ4v) is 3.33. The molecule has 0 radical (unpaired) electrons. The Labute approximate surface area is 191 Å². The molecule has 0 saturated carbocycles. The minimum atomic E-state index is -0.456. The zero-order valence-electron chi connectivity index (χ0n) is 18.8. The molecule has 0 bridgehead atoms. The van der Waals surface area contributed by atoms with Crippen molar-refractivity contribution < 1.29 is 19.0 Å². The highest BCUT2D eigenvalue weighted by atomic mass is 16.7. The van der Waals surface area contributed by atoms with Crippen molar-refractivity contribution in [3.63, 3.8) is 0 Å². The number of aryl methyl sites for hydroxylation is 1. The Morgan fingerprint density at radius 1 is 1.24 bits per heavy atom. The second kappa shape index (κ2) is 10.2. The van der Waals surface area contributed by atoms with E-state index in [1.807, 2.05) is 22.8 Å². The summed E-state index contributed by atoms with van der Waals surface area (Å²) < 4.78 is 17.8. The number of carbonyl (C=O) groups is 1. The summed E-state index contributed by atoms with van der Waals surface area (Å²) in [5.74, 6) is 2.71. The Bertz CT molecular complexity index is 1120. The molecule has 1 aliphatic heterocycles. The minimum Gasteiger partial charge on any atom is -0.454 e. The molecule has 0 unspecified atom stereocenters. The van der Waals surface area contributed by atoms with Crippen molar-refractivity contribution in [1.82, 2.24) is 24.8 Å². The van der Waals surface area contributed by atoms with E-state index in [-0.39, 0.29) is 6.79 Å². The van der Waals surface area contributed by atoms with Gasteiger partial charge in [-0.1, -0.05) is 19.9 Å². The quantitative estimate of drug-likeness (QED) is 0.394. The van der Waals surface area contributed by atoms with Crippen LogP contribution in [0.5, 0.6) is 11.5 Å². The normalized spacial score (nSPS) is 12.3. The van der Waals surface area contributed by atoms with Crippen LogP contribution in [-0.2, 0) is 17.8 Å². The lowest BCUT2D eigenvalue weighted by Gasteiger charge is -2.10. The van der Waals surface area contributed by atoms with Crippen LogP contribution in [0.25, 0.3) is 11.2 Å². The Morgan fingerprint density at radius 2 is 2.09 bits per heavy atom. The van der Waals surface area contributed by atoms with Gasteiger partial charge >= 0.3 is 6.09 Å². The van der Waals surface area contributed by atoms with Crippen LogP contribution < -0.4 is 25.8 Å². The van der Waals surface area contributed by atoms with Crippen LogP contribution in [0.15, 0.2) is 24.5 Å². The van der Waals surface area contributed by atoms with E-state index in [1.54, 1.807) is 6.33 Å². The van der Waals surface area contributed by atoms with E-state index in [0.29, 0.717) is 66.5 Å². The van der Waals surface area contributed by atoms with Gasteiger partial charge in [0, 0.05) is 19.6 Å². The van der Waals surface area contributed by atoms with Crippen LogP contribution >= 0.6 is 0 Å². The number of unbranched alkanes of at least 4 members (excludes halogenated alkanes) is 1. The number of nitrogens with two attached hydrogens (primary N) is 1. The van der Waals surface area contributed by atoms with Gasteiger partial charge in [-0.25, -0.2) is 9.78 Å². The first-order valence-corrected chi connectivity index (χ1v) is 11.0. The lowest BCUT2D eigenvalue weighted by Crippen LogP contribution is -2.24. The Morgan fingerprint density at radius 3 is 2.94 bits per heavy atom. The Kier molecular flexibility index (Phi) is 6.96. The fourth-order valence-electron chi connectivity index (χ4n) is 3.33. The van der Waals surface area contributed by atoms with Crippen molar-refractivity contribution in [3.05, 3.63) is 30.1 Å². The SMILES string of the molecule is CC(C)CNc1nc(N)c2ncn(CCCCOC(=O)NCc3ccc4c(c3)OCO4)c2n1. The highest BCUT2D eigenvalue weighted by Gasteiger charge is 2.14. The number of fused-ring (bicyclic) bond motifs is 2. The van der Waals surface area contributed by atoms with Gasteiger partial charge in [-0.2, -0.15) is 9.97 Å². The Hall–Kier alpha value is -3.76. The molecule has 1 amide bonds. The summed E-state index contributed by atoms with van der Waals surface area (Å²) >= 11 is 0. The summed E-state index contributed by atoms with van der Waals surface area (Å²) in [6.45, 7) is 6.55. The number of nitrogens with one attached hydrogen (secondary N) is 2. The van der Waals surface area contributed by atoms with Gasteiger partial charge in [0.1, 0.15) is 5.52 Å². The van der Waals surface area contributed by atoms with Crippen molar-refractivity contribution in [1.29, 1.82) is 0 Å². The highest BCUT2D eigenvalue weighted by molar-refractivity contribution is 5.82. The van der Waals surface area contributed by atoms with Crippen LogP contribution in [-0.4, -0.2) is 45.6 Å². The second-order valence-electron chi connectivity index (χ2n) is 8.20. The number of hydrogen-bond donors (Lipinski definition) is 3. The van der Waals surface area contributed by atoms with E-state index in [0.717, 1.165) is 18.5 Å². The molecular formula is C22H29N7O4. The molecule has 2 aromatic heterocycles. The van der Waals surface area contributed by atoms with Crippen molar-refractivity contribution in [2.24, 2.45) is 5.92 Å². The molecule has 11 nitrogen and oxygen atoms in total. The summed E-state index contributed by atoms with van der Waals surface area (Å²) in [5, 5.41) is 5.94. The first-order chi connectivity index (χ1) is 16.0. The molecule has 0 atom stereocenters. The molecule has 3 aromatic rings. The molecule has 0 fully saturated rings.